The van der Waals surface area contributed by atoms with E-state index in [1.165, 1.54) is 31.3 Å². The van der Waals surface area contributed by atoms with Crippen molar-refractivity contribution in [2.45, 2.75) is 13.3 Å². The normalized spacial score (nSPS) is 14.1. The molecule has 3 amide bonds. The van der Waals surface area contributed by atoms with Crippen LogP contribution in [-0.4, -0.2) is 90.1 Å². The molecule has 10 nitrogen and oxygen atoms in total. The predicted molar refractivity (Wildman–Crippen MR) is 141 cm³/mol. The van der Waals surface area contributed by atoms with E-state index in [0.29, 0.717) is 23.8 Å². The van der Waals surface area contributed by atoms with E-state index in [9.17, 15) is 14.0 Å². The zero-order valence-corrected chi connectivity index (χ0v) is 21.5. The van der Waals surface area contributed by atoms with Gasteiger partial charge in [-0.05, 0) is 50.4 Å². The molecule has 194 valence electrons. The van der Waals surface area contributed by atoms with E-state index in [0.717, 1.165) is 39.1 Å². The average Bonchev–Trinajstić information content (AvgIpc) is 2.81. The van der Waals surface area contributed by atoms with Gasteiger partial charge in [-0.2, -0.15) is 0 Å². The molecule has 2 heterocycles. The van der Waals surface area contributed by atoms with Crippen LogP contribution in [0.4, 0.5) is 20.7 Å². The molecule has 0 aliphatic carbocycles. The Morgan fingerprint density at radius 3 is 2.61 bits per heavy atom. The molecule has 12 heteroatoms. The Kier molecular flexibility index (Phi) is 9.91. The van der Waals surface area contributed by atoms with E-state index >= 15 is 0 Å². The molecule has 1 aliphatic rings. The summed E-state index contributed by atoms with van der Waals surface area (Å²) >= 11 is 4.97. The molecule has 1 aliphatic heterocycles. The molecule has 1 fully saturated rings. The van der Waals surface area contributed by atoms with Crippen molar-refractivity contribution >= 4 is 40.8 Å². The highest BCUT2D eigenvalue weighted by molar-refractivity contribution is 7.80. The first-order valence-corrected chi connectivity index (χ1v) is 12.1. The summed E-state index contributed by atoms with van der Waals surface area (Å²) in [6.07, 6.45) is 2.35. The van der Waals surface area contributed by atoms with Crippen molar-refractivity contribution in [2.24, 2.45) is 0 Å². The van der Waals surface area contributed by atoms with E-state index in [1.807, 2.05) is 0 Å². The maximum Gasteiger partial charge on any atom is 0.322 e. The van der Waals surface area contributed by atoms with E-state index < -0.39 is 5.82 Å². The Labute approximate surface area is 215 Å². The molecule has 3 N–H and O–H groups in total. The second kappa shape index (κ2) is 13.1. The minimum atomic E-state index is -0.631. The van der Waals surface area contributed by atoms with Crippen LogP contribution in [0.15, 0.2) is 36.5 Å². The number of hydrogen-bond acceptors (Lipinski definition) is 7. The third-order valence-electron chi connectivity index (χ3n) is 5.58. The molecule has 0 bridgehead atoms. The number of rotatable bonds is 8. The molecule has 0 saturated carbocycles. The van der Waals surface area contributed by atoms with Gasteiger partial charge in [0.2, 0.25) is 5.91 Å². The summed E-state index contributed by atoms with van der Waals surface area (Å²) in [4.78, 5) is 34.1. The fourth-order valence-corrected chi connectivity index (χ4v) is 3.82. The van der Waals surface area contributed by atoms with Crippen molar-refractivity contribution in [3.63, 3.8) is 0 Å². The lowest BCUT2D eigenvalue weighted by Gasteiger charge is -2.32. The lowest BCUT2D eigenvalue weighted by molar-refractivity contribution is -0.117. The number of hydrogen-bond donors (Lipinski definition) is 3. The second-order valence-electron chi connectivity index (χ2n) is 8.61. The van der Waals surface area contributed by atoms with Gasteiger partial charge in [-0.15, -0.1) is 0 Å². The van der Waals surface area contributed by atoms with Crippen molar-refractivity contribution in [3.05, 3.63) is 42.3 Å². The summed E-state index contributed by atoms with van der Waals surface area (Å²) in [6.45, 7) is 7.12. The Bertz CT molecular complexity index is 1080. The number of ether oxygens (including phenoxy) is 1. The van der Waals surface area contributed by atoms with Crippen molar-refractivity contribution in [3.8, 4) is 11.5 Å². The molecule has 3 rings (SSSR count). The van der Waals surface area contributed by atoms with E-state index in [2.05, 4.69) is 37.8 Å². The summed E-state index contributed by atoms with van der Waals surface area (Å²) in [7, 11) is 3.87. The number of urea groups is 1. The predicted octanol–water partition coefficient (Wildman–Crippen LogP) is 2.95. The number of benzene rings is 1. The first kappa shape index (κ1) is 27.2. The van der Waals surface area contributed by atoms with Gasteiger partial charge < -0.3 is 30.1 Å². The second-order valence-corrected chi connectivity index (χ2v) is 9.02. The van der Waals surface area contributed by atoms with Crippen molar-refractivity contribution in [1.29, 1.82) is 0 Å². The largest absolute Gasteiger partial charge is 0.454 e. The number of anilines is 2. The molecule has 36 heavy (non-hydrogen) atoms. The van der Waals surface area contributed by atoms with E-state index in [1.54, 1.807) is 24.1 Å². The monoisotopic (exact) mass is 517 g/mol. The van der Waals surface area contributed by atoms with Crippen LogP contribution in [0, 0.1) is 5.82 Å². The number of nitrogens with zero attached hydrogens (tertiary/aromatic N) is 4. The van der Waals surface area contributed by atoms with Gasteiger partial charge in [-0.3, -0.25) is 10.1 Å². The van der Waals surface area contributed by atoms with Gasteiger partial charge >= 0.3 is 6.03 Å². The third kappa shape index (κ3) is 8.70. The molecular weight excluding hydrogens is 485 g/mol. The zero-order valence-electron chi connectivity index (χ0n) is 20.7. The number of likely N-dealkylation sites (N-methyl/N-ethyl adjacent to an activating group) is 1. The fraction of sp³-hybridized carbons (Fsp3) is 0.417. The van der Waals surface area contributed by atoms with Gasteiger partial charge in [-0.1, -0.05) is 0 Å². The molecule has 1 aromatic heterocycles. The first-order valence-electron chi connectivity index (χ1n) is 11.6. The van der Waals surface area contributed by atoms with Gasteiger partial charge in [0.1, 0.15) is 11.6 Å². The minimum absolute atomic E-state index is 0.0181. The lowest BCUT2D eigenvalue weighted by Crippen LogP contribution is -2.45. The minimum Gasteiger partial charge on any atom is -0.454 e. The van der Waals surface area contributed by atoms with Crippen molar-refractivity contribution in [1.82, 2.24) is 25.0 Å². The van der Waals surface area contributed by atoms with E-state index in [4.69, 9.17) is 17.0 Å². The Morgan fingerprint density at radius 2 is 1.92 bits per heavy atom. The van der Waals surface area contributed by atoms with Crippen LogP contribution < -0.4 is 20.7 Å². The SMILES string of the molecule is CC(=O)NC(=S)Nc1ccc(Oc2ccnc(NC(=O)N(C)CCCN3CCN(C)CC3)c2)c(F)c1. The number of carbonyl (C=O) groups is 2. The van der Waals surface area contributed by atoms with Gasteiger partial charge in [0.15, 0.2) is 16.7 Å². The Morgan fingerprint density at radius 1 is 1.17 bits per heavy atom. The highest BCUT2D eigenvalue weighted by Gasteiger charge is 2.15. The Balaban J connectivity index is 1.49. The number of halogens is 1. The van der Waals surface area contributed by atoms with Crippen LogP contribution in [0.2, 0.25) is 0 Å². The number of thiocarbonyl (C=S) groups is 1. The van der Waals surface area contributed by atoms with Crippen LogP contribution in [-0.2, 0) is 4.79 Å². The topological polar surface area (TPSA) is 102 Å². The number of piperazine rings is 1. The van der Waals surface area contributed by atoms with E-state index in [-0.39, 0.29) is 22.8 Å². The third-order valence-corrected chi connectivity index (χ3v) is 5.79. The molecule has 2 aromatic rings. The van der Waals surface area contributed by atoms with Gasteiger partial charge in [0.05, 0.1) is 0 Å². The number of carbonyl (C=O) groups excluding carboxylic acids is 2. The quantitative estimate of drug-likeness (QED) is 0.460. The number of amides is 3. The van der Waals surface area contributed by atoms with Crippen LogP contribution >= 0.6 is 12.2 Å². The molecule has 1 saturated heterocycles. The number of nitrogens with one attached hydrogen (secondary N) is 3. The van der Waals surface area contributed by atoms with Gasteiger partial charge in [-0.25, -0.2) is 14.2 Å². The van der Waals surface area contributed by atoms with Gasteiger partial charge in [0.25, 0.3) is 0 Å². The number of aromatic nitrogens is 1. The average molecular weight is 518 g/mol. The van der Waals surface area contributed by atoms with Crippen LogP contribution in [0.5, 0.6) is 11.5 Å². The molecule has 1 aromatic carbocycles. The first-order chi connectivity index (χ1) is 17.2. The summed E-state index contributed by atoms with van der Waals surface area (Å²) < 4.78 is 20.2. The standard InChI is InChI=1S/C24H32FN7O3S/c1-17(33)27-23(36)28-18-5-6-21(20(25)15-18)35-19-7-8-26-22(16-19)29-24(34)31(3)9-4-10-32-13-11-30(2)12-14-32/h5-8,15-16H,4,9-14H2,1-3H3,(H,26,29,34)(H2,27,28,33,36). The van der Waals surface area contributed by atoms with Crippen LogP contribution in [0.3, 0.4) is 0 Å². The van der Waals surface area contributed by atoms with Crippen molar-refractivity contribution in [2.75, 3.05) is 64.0 Å². The number of pyridine rings is 1. The lowest BCUT2D eigenvalue weighted by atomic mass is 10.3. The van der Waals surface area contributed by atoms with Crippen molar-refractivity contribution < 1.29 is 18.7 Å². The maximum absolute atomic E-state index is 14.5. The maximum atomic E-state index is 14.5. The van der Waals surface area contributed by atoms with Crippen LogP contribution in [0.25, 0.3) is 0 Å². The Hall–Kier alpha value is -3.35. The fourth-order valence-electron chi connectivity index (χ4n) is 3.56. The highest BCUT2D eigenvalue weighted by Crippen LogP contribution is 2.27. The molecule has 0 spiro atoms. The molecular formula is C24H32FN7O3S. The molecule has 0 unspecified atom stereocenters. The van der Waals surface area contributed by atoms with Gasteiger partial charge in [0, 0.05) is 70.7 Å². The molecule has 0 radical (unpaired) electrons. The molecule has 0 atom stereocenters. The summed E-state index contributed by atoms with van der Waals surface area (Å²) in [5, 5.41) is 7.93. The zero-order chi connectivity index (χ0) is 26.1. The summed E-state index contributed by atoms with van der Waals surface area (Å²) in [5.41, 5.74) is 0.358. The summed E-state index contributed by atoms with van der Waals surface area (Å²) in [6, 6.07) is 6.99. The highest BCUT2D eigenvalue weighted by atomic mass is 32.1. The smallest absolute Gasteiger partial charge is 0.322 e. The van der Waals surface area contributed by atoms with Crippen LogP contribution in [0.1, 0.15) is 13.3 Å². The summed E-state index contributed by atoms with van der Waals surface area (Å²) in [5.74, 6) is -0.372.